The number of nitrogens with one attached hydrogen (secondary N) is 1. The SMILES string of the molecule is CCC1CCCN1Cc1cc(NC(=O)c2ccc(N3CCC(OC)(C(=O)O)CC3)cc2)ncc1Br. The summed E-state index contributed by atoms with van der Waals surface area (Å²) in [5, 5.41) is 12.4. The van der Waals surface area contributed by atoms with E-state index in [9.17, 15) is 14.7 Å². The summed E-state index contributed by atoms with van der Waals surface area (Å²) in [7, 11) is 1.45. The third-order valence-corrected chi connectivity index (χ3v) is 8.08. The van der Waals surface area contributed by atoms with Gasteiger partial charge in [-0.25, -0.2) is 9.78 Å². The molecule has 1 unspecified atom stereocenters. The fraction of sp³-hybridized carbons (Fsp3) is 0.500. The summed E-state index contributed by atoms with van der Waals surface area (Å²) in [6, 6.07) is 9.93. The lowest BCUT2D eigenvalue weighted by Gasteiger charge is -2.38. The maximum Gasteiger partial charge on any atom is 0.336 e. The Kier molecular flexibility index (Phi) is 8.09. The van der Waals surface area contributed by atoms with Gasteiger partial charge in [0.2, 0.25) is 0 Å². The number of rotatable bonds is 8. The van der Waals surface area contributed by atoms with Gasteiger partial charge in [0, 0.05) is 67.5 Å². The van der Waals surface area contributed by atoms with Crippen LogP contribution in [0.2, 0.25) is 0 Å². The summed E-state index contributed by atoms with van der Waals surface area (Å²) in [4.78, 5) is 33.4. The summed E-state index contributed by atoms with van der Waals surface area (Å²) < 4.78 is 6.25. The molecule has 0 saturated carbocycles. The monoisotopic (exact) mass is 544 g/mol. The number of methoxy groups -OCH3 is 1. The molecule has 0 radical (unpaired) electrons. The van der Waals surface area contributed by atoms with E-state index in [1.54, 1.807) is 18.3 Å². The highest BCUT2D eigenvalue weighted by Gasteiger charge is 2.41. The molecule has 188 valence electrons. The van der Waals surface area contributed by atoms with E-state index in [1.807, 2.05) is 18.2 Å². The molecule has 1 aromatic carbocycles. The van der Waals surface area contributed by atoms with Crippen molar-refractivity contribution >= 4 is 39.3 Å². The molecular weight excluding hydrogens is 512 g/mol. The Hall–Kier alpha value is -2.49. The van der Waals surface area contributed by atoms with Gasteiger partial charge in [0.05, 0.1) is 0 Å². The van der Waals surface area contributed by atoms with Crippen molar-refractivity contribution in [2.45, 2.75) is 57.2 Å². The van der Waals surface area contributed by atoms with E-state index in [4.69, 9.17) is 4.74 Å². The highest BCUT2D eigenvalue weighted by atomic mass is 79.9. The molecule has 2 saturated heterocycles. The molecule has 4 rings (SSSR count). The quantitative estimate of drug-likeness (QED) is 0.503. The second kappa shape index (κ2) is 11.1. The molecule has 9 heteroatoms. The van der Waals surface area contributed by atoms with Gasteiger partial charge in [0.25, 0.3) is 5.91 Å². The van der Waals surface area contributed by atoms with Crippen molar-refractivity contribution in [3.63, 3.8) is 0 Å². The van der Waals surface area contributed by atoms with Crippen LogP contribution in [0.3, 0.4) is 0 Å². The van der Waals surface area contributed by atoms with Crippen molar-refractivity contribution < 1.29 is 19.4 Å². The minimum atomic E-state index is -1.11. The Morgan fingerprint density at radius 1 is 1.23 bits per heavy atom. The number of aliphatic carboxylic acids is 1. The highest BCUT2D eigenvalue weighted by Crippen LogP contribution is 2.30. The van der Waals surface area contributed by atoms with Crippen molar-refractivity contribution in [2.24, 2.45) is 0 Å². The number of ether oxygens (including phenoxy) is 1. The Labute approximate surface area is 214 Å². The van der Waals surface area contributed by atoms with E-state index in [0.717, 1.165) is 35.2 Å². The average Bonchev–Trinajstić information content (AvgIpc) is 3.33. The number of carbonyl (C=O) groups is 2. The molecule has 0 aliphatic carbocycles. The zero-order valence-electron chi connectivity index (χ0n) is 20.3. The van der Waals surface area contributed by atoms with E-state index < -0.39 is 11.6 Å². The molecular formula is C26H33BrN4O4. The highest BCUT2D eigenvalue weighted by molar-refractivity contribution is 9.10. The number of aromatic nitrogens is 1. The minimum Gasteiger partial charge on any atom is -0.479 e. The topological polar surface area (TPSA) is 95.0 Å². The third kappa shape index (κ3) is 5.68. The van der Waals surface area contributed by atoms with Crippen molar-refractivity contribution in [1.82, 2.24) is 9.88 Å². The summed E-state index contributed by atoms with van der Waals surface area (Å²) in [6.07, 6.45) is 6.18. The average molecular weight is 545 g/mol. The Morgan fingerprint density at radius 3 is 2.57 bits per heavy atom. The number of carboxylic acid groups (broad SMARTS) is 1. The van der Waals surface area contributed by atoms with Crippen LogP contribution >= 0.6 is 15.9 Å². The van der Waals surface area contributed by atoms with Crippen LogP contribution in [0.15, 0.2) is 41.0 Å². The summed E-state index contributed by atoms with van der Waals surface area (Å²) in [5.74, 6) is -0.597. The maximum atomic E-state index is 12.9. The molecule has 8 nitrogen and oxygen atoms in total. The second-order valence-electron chi connectivity index (χ2n) is 9.33. The minimum absolute atomic E-state index is 0.215. The number of hydrogen-bond acceptors (Lipinski definition) is 6. The lowest BCUT2D eigenvalue weighted by molar-refractivity contribution is -0.164. The third-order valence-electron chi connectivity index (χ3n) is 7.37. The van der Waals surface area contributed by atoms with E-state index in [0.29, 0.717) is 43.4 Å². The number of carboxylic acids is 1. The van der Waals surface area contributed by atoms with E-state index in [2.05, 4.69) is 43.0 Å². The van der Waals surface area contributed by atoms with Crippen LogP contribution in [-0.2, 0) is 16.1 Å². The maximum absolute atomic E-state index is 12.9. The van der Waals surface area contributed by atoms with Crippen molar-refractivity contribution in [3.8, 4) is 0 Å². The van der Waals surface area contributed by atoms with Crippen molar-refractivity contribution in [2.75, 3.05) is 37.0 Å². The van der Waals surface area contributed by atoms with Crippen LogP contribution < -0.4 is 10.2 Å². The Bertz CT molecular complexity index is 1050. The zero-order chi connectivity index (χ0) is 25.0. The molecule has 0 spiro atoms. The predicted molar refractivity (Wildman–Crippen MR) is 139 cm³/mol. The summed E-state index contributed by atoms with van der Waals surface area (Å²) in [6.45, 7) is 5.32. The number of pyridine rings is 1. The van der Waals surface area contributed by atoms with Gasteiger partial charge in [0.1, 0.15) is 5.82 Å². The van der Waals surface area contributed by atoms with Gasteiger partial charge in [0.15, 0.2) is 5.60 Å². The molecule has 1 aromatic heterocycles. The van der Waals surface area contributed by atoms with Gasteiger partial charge < -0.3 is 20.1 Å². The van der Waals surface area contributed by atoms with E-state index in [1.165, 1.54) is 20.0 Å². The number of benzene rings is 1. The molecule has 2 aliphatic heterocycles. The number of piperidine rings is 1. The van der Waals surface area contributed by atoms with Gasteiger partial charge in [-0.2, -0.15) is 0 Å². The molecule has 2 fully saturated rings. The molecule has 2 aromatic rings. The van der Waals surface area contributed by atoms with E-state index in [-0.39, 0.29) is 5.91 Å². The number of carbonyl (C=O) groups excluding carboxylic acids is 1. The number of anilines is 2. The predicted octanol–water partition coefficient (Wildman–Crippen LogP) is 4.54. The van der Waals surface area contributed by atoms with Gasteiger partial charge >= 0.3 is 5.97 Å². The van der Waals surface area contributed by atoms with Crippen molar-refractivity contribution in [3.05, 3.63) is 52.1 Å². The molecule has 1 amide bonds. The van der Waals surface area contributed by atoms with Crippen molar-refractivity contribution in [1.29, 1.82) is 0 Å². The number of amides is 1. The number of halogens is 1. The second-order valence-corrected chi connectivity index (χ2v) is 10.2. The van der Waals surface area contributed by atoms with Gasteiger partial charge in [-0.05, 0) is 77.6 Å². The first-order valence-electron chi connectivity index (χ1n) is 12.2. The number of likely N-dealkylation sites (tertiary alicyclic amines) is 1. The van der Waals surface area contributed by atoms with Crippen LogP contribution in [0.25, 0.3) is 0 Å². The smallest absolute Gasteiger partial charge is 0.336 e. The van der Waals surface area contributed by atoms with Crippen LogP contribution in [0.5, 0.6) is 0 Å². The van der Waals surface area contributed by atoms with Crippen LogP contribution in [0, 0.1) is 0 Å². The lowest BCUT2D eigenvalue weighted by Crippen LogP contribution is -2.50. The normalized spacial score (nSPS) is 20.1. The lowest BCUT2D eigenvalue weighted by atomic mass is 9.91. The molecule has 0 bridgehead atoms. The molecule has 2 aliphatic rings. The summed E-state index contributed by atoms with van der Waals surface area (Å²) in [5.41, 5.74) is 1.50. The fourth-order valence-electron chi connectivity index (χ4n) is 5.10. The molecule has 2 N–H and O–H groups in total. The van der Waals surface area contributed by atoms with Gasteiger partial charge in [-0.1, -0.05) is 6.92 Å². The first-order valence-corrected chi connectivity index (χ1v) is 13.0. The summed E-state index contributed by atoms with van der Waals surface area (Å²) >= 11 is 3.61. The fourth-order valence-corrected chi connectivity index (χ4v) is 5.44. The van der Waals surface area contributed by atoms with E-state index >= 15 is 0 Å². The Morgan fingerprint density at radius 2 is 1.94 bits per heavy atom. The standard InChI is InChI=1S/C26H33BrN4O4/c1-3-20-5-4-12-31(20)17-19-15-23(28-16-22(19)27)29-24(32)18-6-8-21(9-7-18)30-13-10-26(35-2,11-14-30)25(33)34/h6-9,15-16,20H,3-5,10-14,17H2,1-2H3,(H,33,34)(H,28,29,32). The van der Waals surface area contributed by atoms with Gasteiger partial charge in [-0.3, -0.25) is 9.69 Å². The first kappa shape index (κ1) is 25.6. The Balaban J connectivity index is 1.38. The molecule has 35 heavy (non-hydrogen) atoms. The number of hydrogen-bond donors (Lipinski definition) is 2. The van der Waals surface area contributed by atoms with Crippen LogP contribution in [-0.4, -0.2) is 65.3 Å². The first-order chi connectivity index (χ1) is 16.8. The zero-order valence-corrected chi connectivity index (χ0v) is 21.9. The van der Waals surface area contributed by atoms with Gasteiger partial charge in [-0.15, -0.1) is 0 Å². The van der Waals surface area contributed by atoms with Crippen LogP contribution in [0.4, 0.5) is 11.5 Å². The number of nitrogens with zero attached hydrogens (tertiary/aromatic N) is 3. The largest absolute Gasteiger partial charge is 0.479 e. The van der Waals surface area contributed by atoms with Crippen LogP contribution in [0.1, 0.15) is 54.9 Å². The molecule has 1 atom stereocenters. The molecule has 3 heterocycles.